The first-order valence-electron chi connectivity index (χ1n) is 6.62. The maximum absolute atomic E-state index is 5.16. The molecule has 3 rings (SSSR count). The molecule has 0 saturated carbocycles. The third-order valence-electron chi connectivity index (χ3n) is 4.14. The topological polar surface area (TPSA) is 50.3 Å². The molecule has 2 aliphatic rings. The monoisotopic (exact) mass is 248 g/mol. The van der Waals surface area contributed by atoms with Crippen LogP contribution < -0.4 is 15.0 Å². The van der Waals surface area contributed by atoms with Crippen molar-refractivity contribution < 1.29 is 4.74 Å². The van der Waals surface area contributed by atoms with E-state index in [1.54, 1.807) is 19.4 Å². The molecule has 5 nitrogen and oxygen atoms in total. The predicted molar refractivity (Wildman–Crippen MR) is 70.0 cm³/mol. The van der Waals surface area contributed by atoms with E-state index in [0.717, 1.165) is 5.95 Å². The zero-order valence-electron chi connectivity index (χ0n) is 11.0. The molecular formula is C13H20N4O. The number of hydrogen-bond donors (Lipinski definition) is 1. The van der Waals surface area contributed by atoms with Crippen molar-refractivity contribution in [1.82, 2.24) is 15.3 Å². The van der Waals surface area contributed by atoms with Crippen LogP contribution in [-0.2, 0) is 0 Å². The van der Waals surface area contributed by atoms with E-state index in [4.69, 9.17) is 4.74 Å². The fourth-order valence-electron chi connectivity index (χ4n) is 3.12. The Morgan fingerprint density at radius 3 is 2.72 bits per heavy atom. The molecule has 18 heavy (non-hydrogen) atoms. The summed E-state index contributed by atoms with van der Waals surface area (Å²) in [6.45, 7) is 0. The van der Waals surface area contributed by atoms with E-state index >= 15 is 0 Å². The average Bonchev–Trinajstić information content (AvgIpc) is 2.76. The van der Waals surface area contributed by atoms with E-state index in [-0.39, 0.29) is 0 Å². The van der Waals surface area contributed by atoms with Gasteiger partial charge in [0.15, 0.2) is 0 Å². The highest BCUT2D eigenvalue weighted by molar-refractivity contribution is 5.33. The Balaban J connectivity index is 1.75. The SMILES string of the molecule is COc1ccnc(N(C)C2CC3CCC(C2)N3)n1. The van der Waals surface area contributed by atoms with Gasteiger partial charge in [0.2, 0.25) is 11.8 Å². The van der Waals surface area contributed by atoms with Crippen molar-refractivity contribution in [1.29, 1.82) is 0 Å². The summed E-state index contributed by atoms with van der Waals surface area (Å²) < 4.78 is 5.16. The van der Waals surface area contributed by atoms with Crippen LogP contribution in [0.25, 0.3) is 0 Å². The third kappa shape index (κ3) is 2.14. The number of anilines is 1. The normalized spacial score (nSPS) is 30.2. The largest absolute Gasteiger partial charge is 0.481 e. The van der Waals surface area contributed by atoms with Gasteiger partial charge in [0.1, 0.15) is 0 Å². The van der Waals surface area contributed by atoms with E-state index < -0.39 is 0 Å². The highest BCUT2D eigenvalue weighted by Gasteiger charge is 2.35. The molecule has 2 saturated heterocycles. The van der Waals surface area contributed by atoms with Gasteiger partial charge in [0.05, 0.1) is 7.11 Å². The molecule has 1 N–H and O–H groups in total. The standard InChI is InChI=1S/C13H20N4O/c1-17(13-14-6-5-12(16-13)18-2)11-7-9-3-4-10(8-11)15-9/h5-6,9-11,15H,3-4,7-8H2,1-2H3. The number of aromatic nitrogens is 2. The van der Waals surface area contributed by atoms with E-state index in [1.165, 1.54) is 25.7 Å². The first kappa shape index (κ1) is 11.7. The van der Waals surface area contributed by atoms with Gasteiger partial charge >= 0.3 is 0 Å². The van der Waals surface area contributed by atoms with Gasteiger partial charge in [-0.15, -0.1) is 0 Å². The van der Waals surface area contributed by atoms with Crippen molar-refractivity contribution in [2.45, 2.75) is 43.8 Å². The lowest BCUT2D eigenvalue weighted by Gasteiger charge is -2.35. The highest BCUT2D eigenvalue weighted by Crippen LogP contribution is 2.30. The Hall–Kier alpha value is -1.36. The molecule has 1 aromatic heterocycles. The fourth-order valence-corrected chi connectivity index (χ4v) is 3.12. The van der Waals surface area contributed by atoms with E-state index in [1.807, 2.05) is 0 Å². The summed E-state index contributed by atoms with van der Waals surface area (Å²) in [5.41, 5.74) is 0. The third-order valence-corrected chi connectivity index (χ3v) is 4.14. The lowest BCUT2D eigenvalue weighted by molar-refractivity contribution is 0.351. The summed E-state index contributed by atoms with van der Waals surface area (Å²) in [7, 11) is 3.72. The molecule has 2 unspecified atom stereocenters. The Morgan fingerprint density at radius 2 is 2.06 bits per heavy atom. The number of nitrogens with zero attached hydrogens (tertiary/aromatic N) is 3. The van der Waals surface area contributed by atoms with Crippen LogP contribution in [0.5, 0.6) is 5.88 Å². The van der Waals surface area contributed by atoms with Crippen LogP contribution in [0, 0.1) is 0 Å². The minimum atomic E-state index is 0.538. The summed E-state index contributed by atoms with van der Waals surface area (Å²) in [5, 5.41) is 3.66. The zero-order chi connectivity index (χ0) is 12.5. The van der Waals surface area contributed by atoms with Gasteiger partial charge in [-0.05, 0) is 25.7 Å². The fraction of sp³-hybridized carbons (Fsp3) is 0.692. The Morgan fingerprint density at radius 1 is 1.33 bits per heavy atom. The van der Waals surface area contributed by atoms with Gasteiger partial charge in [-0.25, -0.2) is 4.98 Å². The van der Waals surface area contributed by atoms with Crippen LogP contribution in [0.1, 0.15) is 25.7 Å². The number of ether oxygens (including phenoxy) is 1. The average molecular weight is 248 g/mol. The number of piperidine rings is 1. The molecule has 3 heterocycles. The number of nitrogens with one attached hydrogen (secondary N) is 1. The number of fused-ring (bicyclic) bond motifs is 2. The van der Waals surface area contributed by atoms with Crippen LogP contribution in [0.2, 0.25) is 0 Å². The van der Waals surface area contributed by atoms with Crippen molar-refractivity contribution >= 4 is 5.95 Å². The summed E-state index contributed by atoms with van der Waals surface area (Å²) >= 11 is 0. The van der Waals surface area contributed by atoms with Crippen molar-refractivity contribution in [2.75, 3.05) is 19.1 Å². The summed E-state index contributed by atoms with van der Waals surface area (Å²) in [6.07, 6.45) is 6.76. The first-order valence-corrected chi connectivity index (χ1v) is 6.62. The molecule has 5 heteroatoms. The Labute approximate surface area is 108 Å². The molecule has 0 spiro atoms. The summed E-state index contributed by atoms with van der Waals surface area (Å²) in [5.74, 6) is 1.39. The van der Waals surface area contributed by atoms with Crippen LogP contribution in [-0.4, -0.2) is 42.3 Å². The molecule has 2 bridgehead atoms. The molecule has 0 aliphatic carbocycles. The zero-order valence-corrected chi connectivity index (χ0v) is 11.0. The molecule has 0 radical (unpaired) electrons. The lowest BCUT2D eigenvalue weighted by atomic mass is 9.99. The van der Waals surface area contributed by atoms with E-state index in [0.29, 0.717) is 24.0 Å². The van der Waals surface area contributed by atoms with Gasteiger partial charge in [0.25, 0.3) is 0 Å². The minimum absolute atomic E-state index is 0.538. The molecule has 98 valence electrons. The van der Waals surface area contributed by atoms with Crippen LogP contribution in [0.4, 0.5) is 5.95 Å². The molecule has 2 aliphatic heterocycles. The summed E-state index contributed by atoms with van der Waals surface area (Å²) in [4.78, 5) is 11.0. The molecule has 0 aromatic carbocycles. The minimum Gasteiger partial charge on any atom is -0.481 e. The van der Waals surface area contributed by atoms with Gasteiger partial charge in [0, 0.05) is 37.4 Å². The maximum Gasteiger partial charge on any atom is 0.228 e. The Kier molecular flexibility index (Phi) is 3.07. The van der Waals surface area contributed by atoms with E-state index in [9.17, 15) is 0 Å². The van der Waals surface area contributed by atoms with Crippen molar-refractivity contribution in [2.24, 2.45) is 0 Å². The van der Waals surface area contributed by atoms with Gasteiger partial charge in [-0.2, -0.15) is 4.98 Å². The first-order chi connectivity index (χ1) is 8.76. The quantitative estimate of drug-likeness (QED) is 0.871. The Bertz CT molecular complexity index is 413. The number of methoxy groups -OCH3 is 1. The van der Waals surface area contributed by atoms with Gasteiger partial charge in [-0.3, -0.25) is 0 Å². The summed E-state index contributed by atoms with van der Waals surface area (Å²) in [6, 6.07) is 3.68. The second kappa shape index (κ2) is 4.72. The van der Waals surface area contributed by atoms with Gasteiger partial charge < -0.3 is 15.0 Å². The number of hydrogen-bond acceptors (Lipinski definition) is 5. The molecule has 2 fully saturated rings. The van der Waals surface area contributed by atoms with Crippen LogP contribution >= 0.6 is 0 Å². The molecule has 1 aromatic rings. The number of rotatable bonds is 3. The van der Waals surface area contributed by atoms with Crippen molar-refractivity contribution in [3.05, 3.63) is 12.3 Å². The van der Waals surface area contributed by atoms with Crippen LogP contribution in [0.15, 0.2) is 12.3 Å². The van der Waals surface area contributed by atoms with Gasteiger partial charge in [-0.1, -0.05) is 0 Å². The van der Waals surface area contributed by atoms with Crippen molar-refractivity contribution in [3.63, 3.8) is 0 Å². The molecular weight excluding hydrogens is 228 g/mol. The van der Waals surface area contributed by atoms with Crippen molar-refractivity contribution in [3.8, 4) is 5.88 Å². The van der Waals surface area contributed by atoms with E-state index in [2.05, 4.69) is 27.2 Å². The molecule has 0 amide bonds. The highest BCUT2D eigenvalue weighted by atomic mass is 16.5. The van der Waals surface area contributed by atoms with Crippen LogP contribution in [0.3, 0.4) is 0 Å². The predicted octanol–water partition coefficient (Wildman–Crippen LogP) is 1.20. The lowest BCUT2D eigenvalue weighted by Crippen LogP contribution is -2.47. The second-order valence-corrected chi connectivity index (χ2v) is 5.27. The smallest absolute Gasteiger partial charge is 0.228 e. The molecule has 2 atom stereocenters. The second-order valence-electron chi connectivity index (χ2n) is 5.27. The maximum atomic E-state index is 5.16.